The van der Waals surface area contributed by atoms with Crippen LogP contribution in [0.15, 0.2) is 16.6 Å². The molecule has 2 rings (SSSR count). The van der Waals surface area contributed by atoms with Crippen LogP contribution in [0.2, 0.25) is 0 Å². The minimum absolute atomic E-state index is 0.0272. The van der Waals surface area contributed by atoms with E-state index in [1.54, 1.807) is 0 Å². The van der Waals surface area contributed by atoms with Crippen LogP contribution in [0.25, 0.3) is 0 Å². The minimum Gasteiger partial charge on any atom is -0.486 e. The smallest absolute Gasteiger partial charge is 0.200 e. The van der Waals surface area contributed by atoms with Gasteiger partial charge in [0.1, 0.15) is 6.10 Å². The molecule has 1 fully saturated rings. The summed E-state index contributed by atoms with van der Waals surface area (Å²) in [7, 11) is 0. The Hall–Kier alpha value is -0.680. The van der Waals surface area contributed by atoms with Crippen LogP contribution in [0.1, 0.15) is 12.8 Å². The zero-order valence-corrected chi connectivity index (χ0v) is 10.2. The van der Waals surface area contributed by atoms with Crippen LogP contribution < -0.4 is 10.1 Å². The summed E-state index contributed by atoms with van der Waals surface area (Å²) >= 11 is 3.11. The third-order valence-corrected chi connectivity index (χ3v) is 2.96. The fourth-order valence-corrected chi connectivity index (χ4v) is 2.13. The number of benzene rings is 1. The Morgan fingerprint density at radius 3 is 2.88 bits per heavy atom. The molecular weight excluding hydrogens is 280 g/mol. The number of rotatable bonds is 2. The highest BCUT2D eigenvalue weighted by Gasteiger charge is 2.18. The van der Waals surface area contributed by atoms with Crippen LogP contribution in [-0.2, 0) is 0 Å². The monoisotopic (exact) mass is 291 g/mol. The van der Waals surface area contributed by atoms with Gasteiger partial charge in [-0.15, -0.1) is 0 Å². The Bertz CT molecular complexity index is 380. The van der Waals surface area contributed by atoms with Gasteiger partial charge in [-0.2, -0.15) is 4.39 Å². The standard InChI is InChI=1S/C11H12BrF2NO/c12-7-4-9(13)11(14)10(5-7)16-8-2-1-3-15-6-8/h4-5,8,15H,1-3,6H2. The fraction of sp³-hybridized carbons (Fsp3) is 0.455. The molecule has 0 amide bonds. The summed E-state index contributed by atoms with van der Waals surface area (Å²) in [4.78, 5) is 0. The van der Waals surface area contributed by atoms with Gasteiger partial charge in [0.15, 0.2) is 11.6 Å². The van der Waals surface area contributed by atoms with Crippen molar-refractivity contribution in [1.29, 1.82) is 0 Å². The second-order valence-electron chi connectivity index (χ2n) is 3.79. The van der Waals surface area contributed by atoms with Gasteiger partial charge in [0.25, 0.3) is 0 Å². The highest BCUT2D eigenvalue weighted by Crippen LogP contribution is 2.27. The summed E-state index contributed by atoms with van der Waals surface area (Å²) in [5.41, 5.74) is 0. The second kappa shape index (κ2) is 5.10. The third-order valence-electron chi connectivity index (χ3n) is 2.50. The van der Waals surface area contributed by atoms with Crippen molar-refractivity contribution < 1.29 is 13.5 Å². The molecule has 1 aliphatic heterocycles. The average molecular weight is 292 g/mol. The number of hydrogen-bond acceptors (Lipinski definition) is 2. The fourth-order valence-electron chi connectivity index (χ4n) is 1.72. The normalized spacial score (nSPS) is 20.8. The van der Waals surface area contributed by atoms with E-state index in [2.05, 4.69) is 21.2 Å². The van der Waals surface area contributed by atoms with Crippen molar-refractivity contribution in [1.82, 2.24) is 5.32 Å². The average Bonchev–Trinajstić information content (AvgIpc) is 2.27. The first-order chi connectivity index (χ1) is 7.66. The minimum atomic E-state index is -0.922. The second-order valence-corrected chi connectivity index (χ2v) is 4.70. The molecule has 1 atom stereocenters. The highest BCUT2D eigenvalue weighted by molar-refractivity contribution is 9.10. The number of nitrogens with one attached hydrogen (secondary N) is 1. The van der Waals surface area contributed by atoms with E-state index < -0.39 is 11.6 Å². The Morgan fingerprint density at radius 1 is 1.38 bits per heavy atom. The molecule has 1 aromatic carbocycles. The van der Waals surface area contributed by atoms with Gasteiger partial charge in [0, 0.05) is 11.0 Å². The van der Waals surface area contributed by atoms with E-state index in [1.807, 2.05) is 0 Å². The first-order valence-corrected chi connectivity index (χ1v) is 5.98. The van der Waals surface area contributed by atoms with Crippen molar-refractivity contribution in [2.75, 3.05) is 13.1 Å². The first kappa shape index (κ1) is 11.8. The molecule has 16 heavy (non-hydrogen) atoms. The number of piperidine rings is 1. The SMILES string of the molecule is Fc1cc(Br)cc(OC2CCCNC2)c1F. The predicted molar refractivity (Wildman–Crippen MR) is 60.6 cm³/mol. The van der Waals surface area contributed by atoms with Gasteiger partial charge < -0.3 is 10.1 Å². The molecule has 2 nitrogen and oxygen atoms in total. The molecule has 0 aromatic heterocycles. The van der Waals surface area contributed by atoms with E-state index in [-0.39, 0.29) is 11.9 Å². The zero-order valence-electron chi connectivity index (χ0n) is 8.60. The molecule has 1 N–H and O–H groups in total. The predicted octanol–water partition coefficient (Wildman–Crippen LogP) is 2.86. The van der Waals surface area contributed by atoms with Crippen LogP contribution in [0.3, 0.4) is 0 Å². The van der Waals surface area contributed by atoms with Crippen molar-refractivity contribution in [3.63, 3.8) is 0 Å². The summed E-state index contributed by atoms with van der Waals surface area (Å²) < 4.78 is 32.4. The molecule has 5 heteroatoms. The lowest BCUT2D eigenvalue weighted by molar-refractivity contribution is 0.158. The Morgan fingerprint density at radius 2 is 2.19 bits per heavy atom. The van der Waals surface area contributed by atoms with Crippen molar-refractivity contribution in [3.05, 3.63) is 28.2 Å². The number of hydrogen-bond donors (Lipinski definition) is 1. The van der Waals surface area contributed by atoms with Gasteiger partial charge in [-0.25, -0.2) is 4.39 Å². The van der Waals surface area contributed by atoms with Crippen molar-refractivity contribution >= 4 is 15.9 Å². The molecule has 1 heterocycles. The molecule has 1 unspecified atom stereocenters. The summed E-state index contributed by atoms with van der Waals surface area (Å²) in [6.07, 6.45) is 1.76. The van der Waals surface area contributed by atoms with Gasteiger partial charge in [-0.1, -0.05) is 15.9 Å². The van der Waals surface area contributed by atoms with Gasteiger partial charge >= 0.3 is 0 Å². The van der Waals surface area contributed by atoms with E-state index in [1.165, 1.54) is 6.07 Å². The summed E-state index contributed by atoms with van der Waals surface area (Å²) in [5, 5.41) is 3.15. The van der Waals surface area contributed by atoms with Crippen molar-refractivity contribution in [2.24, 2.45) is 0 Å². The molecule has 0 saturated carbocycles. The largest absolute Gasteiger partial charge is 0.486 e. The van der Waals surface area contributed by atoms with Gasteiger partial charge in [0.2, 0.25) is 5.82 Å². The maximum absolute atomic E-state index is 13.4. The first-order valence-electron chi connectivity index (χ1n) is 5.19. The maximum Gasteiger partial charge on any atom is 0.200 e. The van der Waals surface area contributed by atoms with Crippen LogP contribution in [0, 0.1) is 11.6 Å². The summed E-state index contributed by atoms with van der Waals surface area (Å²) in [6.45, 7) is 1.63. The lowest BCUT2D eigenvalue weighted by atomic mass is 10.1. The van der Waals surface area contributed by atoms with Gasteiger partial charge in [-0.3, -0.25) is 0 Å². The lowest BCUT2D eigenvalue weighted by Crippen LogP contribution is -2.37. The van der Waals surface area contributed by atoms with Crippen molar-refractivity contribution in [3.8, 4) is 5.75 Å². The Labute approximate surface area is 101 Å². The molecular formula is C11H12BrF2NO. The Kier molecular flexibility index (Phi) is 3.76. The van der Waals surface area contributed by atoms with Crippen LogP contribution in [-0.4, -0.2) is 19.2 Å². The topological polar surface area (TPSA) is 21.3 Å². The molecule has 0 spiro atoms. The van der Waals surface area contributed by atoms with E-state index in [4.69, 9.17) is 4.74 Å². The van der Waals surface area contributed by atoms with Crippen molar-refractivity contribution in [2.45, 2.75) is 18.9 Å². The van der Waals surface area contributed by atoms with E-state index in [0.717, 1.165) is 25.5 Å². The number of halogens is 3. The quantitative estimate of drug-likeness (QED) is 0.846. The molecule has 0 aliphatic carbocycles. The van der Waals surface area contributed by atoms with Crippen LogP contribution in [0.5, 0.6) is 5.75 Å². The number of ether oxygens (including phenoxy) is 1. The highest BCUT2D eigenvalue weighted by atomic mass is 79.9. The molecule has 0 bridgehead atoms. The summed E-state index contributed by atoms with van der Waals surface area (Å²) in [6, 6.07) is 2.54. The van der Waals surface area contributed by atoms with Crippen LogP contribution in [0.4, 0.5) is 8.78 Å². The molecule has 1 aliphatic rings. The zero-order chi connectivity index (χ0) is 11.5. The molecule has 1 aromatic rings. The Balaban J connectivity index is 2.13. The molecule has 0 radical (unpaired) electrons. The van der Waals surface area contributed by atoms with Gasteiger partial charge in [0.05, 0.1) is 0 Å². The van der Waals surface area contributed by atoms with E-state index in [0.29, 0.717) is 11.0 Å². The third kappa shape index (κ3) is 2.71. The van der Waals surface area contributed by atoms with Gasteiger partial charge in [-0.05, 0) is 31.5 Å². The summed E-state index contributed by atoms with van der Waals surface area (Å²) in [5.74, 6) is -1.84. The van der Waals surface area contributed by atoms with E-state index in [9.17, 15) is 8.78 Å². The van der Waals surface area contributed by atoms with E-state index >= 15 is 0 Å². The molecule has 88 valence electrons. The maximum atomic E-state index is 13.4. The molecule has 1 saturated heterocycles. The lowest BCUT2D eigenvalue weighted by Gasteiger charge is -2.24. The van der Waals surface area contributed by atoms with Crippen LogP contribution >= 0.6 is 15.9 Å².